The van der Waals surface area contributed by atoms with Crippen molar-refractivity contribution in [3.63, 3.8) is 0 Å². The highest BCUT2D eigenvalue weighted by atomic mass is 35.5. The average molecular weight is 252 g/mol. The zero-order valence-electron chi connectivity index (χ0n) is 8.14. The molecule has 1 aliphatic rings. The molecule has 88 valence electrons. The number of ether oxygens (including phenoxy) is 1. The molecule has 0 fully saturated rings. The number of halogens is 4. The van der Waals surface area contributed by atoms with Crippen LogP contribution in [0, 0.1) is 0 Å². The van der Waals surface area contributed by atoms with E-state index in [1.165, 1.54) is 0 Å². The van der Waals surface area contributed by atoms with Gasteiger partial charge in [-0.05, 0) is 12.1 Å². The Labute approximate surface area is 95.1 Å². The molecule has 2 rings (SSSR count). The van der Waals surface area contributed by atoms with E-state index in [0.717, 1.165) is 12.1 Å². The first-order chi connectivity index (χ1) is 7.39. The van der Waals surface area contributed by atoms with E-state index in [9.17, 15) is 13.2 Å². The van der Waals surface area contributed by atoms with Crippen LogP contribution in [-0.2, 0) is 6.18 Å². The quantitative estimate of drug-likeness (QED) is 0.769. The summed E-state index contributed by atoms with van der Waals surface area (Å²) in [6.07, 6.45) is -3.93. The SMILES string of the molecule is N[C@@H]1CCOc2c(Cl)cc(C(F)(F)F)cc21. The highest BCUT2D eigenvalue weighted by Gasteiger charge is 2.33. The number of fused-ring (bicyclic) bond motifs is 1. The minimum absolute atomic E-state index is 0.0417. The largest absolute Gasteiger partial charge is 0.492 e. The van der Waals surface area contributed by atoms with E-state index in [2.05, 4.69) is 0 Å². The van der Waals surface area contributed by atoms with Crippen molar-refractivity contribution in [3.8, 4) is 5.75 Å². The van der Waals surface area contributed by atoms with Crippen molar-refractivity contribution in [2.75, 3.05) is 6.61 Å². The summed E-state index contributed by atoms with van der Waals surface area (Å²) in [5, 5.41) is -0.0417. The van der Waals surface area contributed by atoms with Crippen LogP contribution in [0.3, 0.4) is 0 Å². The van der Waals surface area contributed by atoms with Gasteiger partial charge in [-0.2, -0.15) is 13.2 Å². The molecule has 1 heterocycles. The third-order valence-electron chi connectivity index (χ3n) is 2.47. The van der Waals surface area contributed by atoms with Gasteiger partial charge in [-0.1, -0.05) is 11.6 Å². The maximum absolute atomic E-state index is 12.5. The van der Waals surface area contributed by atoms with Crippen LogP contribution in [0.25, 0.3) is 0 Å². The van der Waals surface area contributed by atoms with E-state index in [1.807, 2.05) is 0 Å². The molecule has 6 heteroatoms. The molecule has 16 heavy (non-hydrogen) atoms. The van der Waals surface area contributed by atoms with Crippen molar-refractivity contribution in [2.45, 2.75) is 18.6 Å². The van der Waals surface area contributed by atoms with Gasteiger partial charge in [0.2, 0.25) is 0 Å². The molecule has 0 radical (unpaired) electrons. The summed E-state index contributed by atoms with van der Waals surface area (Å²) in [7, 11) is 0. The van der Waals surface area contributed by atoms with Crippen LogP contribution in [0.15, 0.2) is 12.1 Å². The zero-order chi connectivity index (χ0) is 11.9. The Morgan fingerprint density at radius 1 is 1.38 bits per heavy atom. The van der Waals surface area contributed by atoms with Crippen molar-refractivity contribution in [1.29, 1.82) is 0 Å². The van der Waals surface area contributed by atoms with E-state index in [0.29, 0.717) is 18.6 Å². The minimum Gasteiger partial charge on any atom is -0.492 e. The first kappa shape index (κ1) is 11.5. The number of benzene rings is 1. The van der Waals surface area contributed by atoms with E-state index >= 15 is 0 Å². The normalized spacial score (nSPS) is 20.2. The number of hydrogen-bond acceptors (Lipinski definition) is 2. The van der Waals surface area contributed by atoms with Gasteiger partial charge in [0.1, 0.15) is 5.75 Å². The lowest BCUT2D eigenvalue weighted by Gasteiger charge is -2.25. The van der Waals surface area contributed by atoms with E-state index in [4.69, 9.17) is 22.1 Å². The van der Waals surface area contributed by atoms with Gasteiger partial charge in [-0.15, -0.1) is 0 Å². The molecule has 0 aliphatic carbocycles. The lowest BCUT2D eigenvalue weighted by molar-refractivity contribution is -0.137. The fraction of sp³-hybridized carbons (Fsp3) is 0.400. The highest BCUT2D eigenvalue weighted by Crippen LogP contribution is 2.41. The van der Waals surface area contributed by atoms with Gasteiger partial charge in [0, 0.05) is 18.0 Å². The monoisotopic (exact) mass is 251 g/mol. The Morgan fingerprint density at radius 2 is 2.06 bits per heavy atom. The summed E-state index contributed by atoms with van der Waals surface area (Å²) < 4.78 is 42.8. The summed E-state index contributed by atoms with van der Waals surface area (Å²) >= 11 is 5.74. The predicted octanol–water partition coefficient (Wildman–Crippen LogP) is 3.14. The molecule has 1 aromatic rings. The second kappa shape index (κ2) is 3.82. The van der Waals surface area contributed by atoms with Gasteiger partial charge < -0.3 is 10.5 Å². The van der Waals surface area contributed by atoms with Crippen molar-refractivity contribution < 1.29 is 17.9 Å². The molecule has 0 spiro atoms. The molecular weight excluding hydrogens is 243 g/mol. The van der Waals surface area contributed by atoms with Gasteiger partial charge in [-0.25, -0.2) is 0 Å². The van der Waals surface area contributed by atoms with Crippen molar-refractivity contribution in [2.24, 2.45) is 5.73 Å². The van der Waals surface area contributed by atoms with Crippen LogP contribution in [0.2, 0.25) is 5.02 Å². The summed E-state index contributed by atoms with van der Waals surface area (Å²) in [6, 6.07) is 1.41. The molecule has 0 amide bonds. The third kappa shape index (κ3) is 1.97. The van der Waals surface area contributed by atoms with Gasteiger partial charge in [-0.3, -0.25) is 0 Å². The Balaban J connectivity index is 2.55. The zero-order valence-corrected chi connectivity index (χ0v) is 8.90. The Morgan fingerprint density at radius 3 is 2.69 bits per heavy atom. The van der Waals surface area contributed by atoms with Gasteiger partial charge >= 0.3 is 6.18 Å². The fourth-order valence-electron chi connectivity index (χ4n) is 1.65. The molecule has 0 saturated heterocycles. The van der Waals surface area contributed by atoms with Crippen LogP contribution < -0.4 is 10.5 Å². The second-order valence-corrected chi connectivity index (χ2v) is 4.03. The molecule has 2 N–H and O–H groups in total. The van der Waals surface area contributed by atoms with Gasteiger partial charge in [0.05, 0.1) is 17.2 Å². The number of nitrogens with two attached hydrogens (primary N) is 1. The second-order valence-electron chi connectivity index (χ2n) is 3.62. The molecule has 0 saturated carbocycles. The maximum Gasteiger partial charge on any atom is 0.416 e. The smallest absolute Gasteiger partial charge is 0.416 e. The number of hydrogen-bond donors (Lipinski definition) is 1. The molecule has 0 bridgehead atoms. The Kier molecular flexibility index (Phi) is 2.75. The minimum atomic E-state index is -4.42. The lowest BCUT2D eigenvalue weighted by Crippen LogP contribution is -2.21. The summed E-state index contributed by atoms with van der Waals surface area (Å²) in [4.78, 5) is 0. The fourth-order valence-corrected chi connectivity index (χ4v) is 1.93. The van der Waals surface area contributed by atoms with Crippen LogP contribution in [0.4, 0.5) is 13.2 Å². The first-order valence-corrected chi connectivity index (χ1v) is 5.06. The summed E-state index contributed by atoms with van der Waals surface area (Å²) in [5.41, 5.74) is 5.25. The average Bonchev–Trinajstić information content (AvgIpc) is 2.18. The van der Waals surface area contributed by atoms with Crippen molar-refractivity contribution >= 4 is 11.6 Å². The van der Waals surface area contributed by atoms with Gasteiger partial charge in [0.25, 0.3) is 0 Å². The first-order valence-electron chi connectivity index (χ1n) is 4.68. The van der Waals surface area contributed by atoms with Crippen LogP contribution >= 0.6 is 11.6 Å². The standard InChI is InChI=1S/C10H9ClF3NO/c11-7-4-5(10(12,13)14)3-6-8(15)1-2-16-9(6)7/h3-4,8H,1-2,15H2/t8-/m1/s1. The van der Waals surface area contributed by atoms with E-state index in [1.54, 1.807) is 0 Å². The molecule has 2 nitrogen and oxygen atoms in total. The Bertz CT molecular complexity index is 419. The summed E-state index contributed by atoms with van der Waals surface area (Å²) in [5.74, 6) is 0.272. The maximum atomic E-state index is 12.5. The topological polar surface area (TPSA) is 35.2 Å². The van der Waals surface area contributed by atoms with Crippen LogP contribution in [0.5, 0.6) is 5.75 Å². The van der Waals surface area contributed by atoms with Crippen LogP contribution in [0.1, 0.15) is 23.6 Å². The molecular formula is C10H9ClF3NO. The lowest BCUT2D eigenvalue weighted by atomic mass is 9.99. The molecule has 0 aromatic heterocycles. The molecule has 0 unspecified atom stereocenters. The molecule has 1 aromatic carbocycles. The van der Waals surface area contributed by atoms with Crippen LogP contribution in [-0.4, -0.2) is 6.61 Å². The predicted molar refractivity (Wildman–Crippen MR) is 53.5 cm³/mol. The van der Waals surface area contributed by atoms with E-state index < -0.39 is 17.8 Å². The molecule has 1 aliphatic heterocycles. The summed E-state index contributed by atoms with van der Waals surface area (Å²) in [6.45, 7) is 0.374. The van der Waals surface area contributed by atoms with Gasteiger partial charge in [0.15, 0.2) is 0 Å². The van der Waals surface area contributed by atoms with E-state index in [-0.39, 0.29) is 10.8 Å². The number of alkyl halides is 3. The number of rotatable bonds is 0. The third-order valence-corrected chi connectivity index (χ3v) is 2.76. The highest BCUT2D eigenvalue weighted by molar-refractivity contribution is 6.32. The molecule has 1 atom stereocenters. The van der Waals surface area contributed by atoms with Crippen molar-refractivity contribution in [3.05, 3.63) is 28.3 Å². The Hall–Kier alpha value is -0.940. The van der Waals surface area contributed by atoms with Crippen molar-refractivity contribution in [1.82, 2.24) is 0 Å².